The van der Waals surface area contributed by atoms with Crippen molar-refractivity contribution in [3.63, 3.8) is 0 Å². The molecule has 0 spiro atoms. The van der Waals surface area contributed by atoms with Gasteiger partial charge in [-0.25, -0.2) is 9.36 Å². The van der Waals surface area contributed by atoms with Gasteiger partial charge in [0.05, 0.1) is 12.7 Å². The Balaban J connectivity index is 2.08. The third-order valence-corrected chi connectivity index (χ3v) is 8.99. The normalized spacial score (nSPS) is 14.1. The molecular weight excluding hydrogens is 675 g/mol. The number of para-hydroxylation sites is 1. The molecule has 280 valence electrons. The van der Waals surface area contributed by atoms with Gasteiger partial charge in [-0.2, -0.15) is 5.09 Å². The number of nitrogens with one attached hydrogen (secondary N) is 4. The molecule has 0 fully saturated rings. The summed E-state index contributed by atoms with van der Waals surface area (Å²) in [5.74, 6) is -1.24. The molecule has 2 atom stereocenters. The average molecular weight is 729 g/mol. The number of fused-ring (bicyclic) bond motifs is 1. The fourth-order valence-corrected chi connectivity index (χ4v) is 6.47. The number of alkyl carbamates (subject to hydrolysis) is 1. The van der Waals surface area contributed by atoms with E-state index in [0.29, 0.717) is 22.2 Å². The molecule has 1 unspecified atom stereocenters. The molecule has 0 aliphatic carbocycles. The van der Waals surface area contributed by atoms with Crippen molar-refractivity contribution in [2.24, 2.45) is 0 Å². The molecule has 3 aromatic rings. The van der Waals surface area contributed by atoms with Crippen LogP contribution in [0, 0.1) is 0 Å². The standard InChI is InChI=1S/C37H53N4O9P/c1-22(2)48-33(44)23(3)41-51(46,47-18-17-38-34(45)49-37(10,11)12)50-30-20-29(26(35(4,5)6)19-27(30)36(7,8)9)40-32(43)25-21-39-28-16-14-13-15-24(28)31(25)42/h13-16,19-23H,17-18H2,1-12H3,(H,38,45)(H,39,42)(H,40,43)(H,41,46)/t23-,51?/m0/s1. The second-order valence-corrected chi connectivity index (χ2v) is 17.3. The second kappa shape index (κ2) is 16.0. The Labute approximate surface area is 300 Å². The van der Waals surface area contributed by atoms with E-state index in [0.717, 1.165) is 5.56 Å². The van der Waals surface area contributed by atoms with Crippen molar-refractivity contribution in [1.29, 1.82) is 0 Å². The molecule has 0 saturated heterocycles. The van der Waals surface area contributed by atoms with Gasteiger partial charge in [0.1, 0.15) is 23.0 Å². The molecule has 2 aromatic carbocycles. The number of carbonyl (C=O) groups excluding carboxylic acids is 3. The first-order valence-electron chi connectivity index (χ1n) is 16.9. The number of esters is 1. The third-order valence-electron chi connectivity index (χ3n) is 7.32. The number of H-pyrrole nitrogens is 1. The largest absolute Gasteiger partial charge is 0.462 e. The van der Waals surface area contributed by atoms with E-state index in [1.165, 1.54) is 13.1 Å². The fraction of sp³-hybridized carbons (Fsp3) is 0.514. The highest BCUT2D eigenvalue weighted by Gasteiger charge is 2.36. The lowest BCUT2D eigenvalue weighted by molar-refractivity contribution is -0.149. The van der Waals surface area contributed by atoms with E-state index in [4.69, 9.17) is 18.5 Å². The summed E-state index contributed by atoms with van der Waals surface area (Å²) >= 11 is 0. The monoisotopic (exact) mass is 728 g/mol. The van der Waals surface area contributed by atoms with Crippen molar-refractivity contribution in [3.8, 4) is 5.75 Å². The SMILES string of the molecule is CC(C)OC(=O)[C@H](C)NP(=O)(OCCNC(=O)OC(C)(C)C)Oc1cc(NC(=O)c2c[nH]c3ccccc3c2=O)c(C(C)(C)C)cc1C(C)(C)C. The lowest BCUT2D eigenvalue weighted by atomic mass is 9.79. The number of anilines is 1. The maximum Gasteiger partial charge on any atom is 0.459 e. The average Bonchev–Trinajstić information content (AvgIpc) is 2.97. The predicted molar refractivity (Wildman–Crippen MR) is 199 cm³/mol. The number of hydrogen-bond donors (Lipinski definition) is 4. The van der Waals surface area contributed by atoms with Crippen LogP contribution in [0.25, 0.3) is 10.9 Å². The van der Waals surface area contributed by atoms with Crippen LogP contribution >= 0.6 is 7.75 Å². The Hall–Kier alpha value is -4.19. The van der Waals surface area contributed by atoms with E-state index in [2.05, 4.69) is 20.7 Å². The van der Waals surface area contributed by atoms with E-state index in [1.54, 1.807) is 65.0 Å². The topological polar surface area (TPSA) is 174 Å². The van der Waals surface area contributed by atoms with Crippen molar-refractivity contribution in [3.05, 3.63) is 69.5 Å². The van der Waals surface area contributed by atoms with Crippen LogP contribution in [0.2, 0.25) is 0 Å². The van der Waals surface area contributed by atoms with Crippen molar-refractivity contribution in [1.82, 2.24) is 15.4 Å². The van der Waals surface area contributed by atoms with Crippen LogP contribution in [0.4, 0.5) is 10.5 Å². The molecule has 0 aliphatic rings. The Morgan fingerprint density at radius 2 is 1.53 bits per heavy atom. The lowest BCUT2D eigenvalue weighted by Gasteiger charge is -2.31. The quantitative estimate of drug-likeness (QED) is 0.0840. The molecule has 3 rings (SSSR count). The molecule has 51 heavy (non-hydrogen) atoms. The third kappa shape index (κ3) is 11.7. The fourth-order valence-electron chi connectivity index (χ4n) is 4.97. The van der Waals surface area contributed by atoms with Gasteiger partial charge < -0.3 is 29.6 Å². The summed E-state index contributed by atoms with van der Waals surface area (Å²) in [6, 6.07) is 9.18. The molecule has 4 N–H and O–H groups in total. The van der Waals surface area contributed by atoms with Crippen LogP contribution in [-0.2, 0) is 34.2 Å². The number of amides is 2. The van der Waals surface area contributed by atoms with Gasteiger partial charge in [0.15, 0.2) is 0 Å². The molecule has 0 aliphatic heterocycles. The number of pyridine rings is 1. The first-order chi connectivity index (χ1) is 23.4. The van der Waals surface area contributed by atoms with E-state index in [1.807, 2.05) is 47.6 Å². The molecule has 2 amide bonds. The number of carbonyl (C=O) groups is 3. The minimum absolute atomic E-state index is 0.0918. The Morgan fingerprint density at radius 3 is 2.12 bits per heavy atom. The van der Waals surface area contributed by atoms with Crippen LogP contribution in [-0.4, -0.2) is 53.9 Å². The van der Waals surface area contributed by atoms with Gasteiger partial charge in [-0.15, -0.1) is 0 Å². The molecule has 0 bridgehead atoms. The summed E-state index contributed by atoms with van der Waals surface area (Å²) in [7, 11) is -4.41. The van der Waals surface area contributed by atoms with Crippen molar-refractivity contribution in [2.75, 3.05) is 18.5 Å². The molecule has 0 saturated carbocycles. The van der Waals surface area contributed by atoms with Crippen molar-refractivity contribution < 1.29 is 37.5 Å². The predicted octanol–water partition coefficient (Wildman–Crippen LogP) is 7.33. The summed E-state index contributed by atoms with van der Waals surface area (Å²) in [5.41, 5.74) is -0.0732. The summed E-state index contributed by atoms with van der Waals surface area (Å²) in [4.78, 5) is 55.0. The Bertz CT molecular complexity index is 1850. The highest BCUT2D eigenvalue weighted by atomic mass is 31.2. The zero-order chi connectivity index (χ0) is 38.5. The zero-order valence-corrected chi connectivity index (χ0v) is 32.6. The summed E-state index contributed by atoms with van der Waals surface area (Å²) in [5, 5.41) is 8.46. The number of benzene rings is 2. The molecular formula is C37H53N4O9P. The first-order valence-corrected chi connectivity index (χ1v) is 18.4. The molecule has 1 aromatic heterocycles. The maximum absolute atomic E-state index is 14.5. The maximum atomic E-state index is 14.5. The first kappa shape index (κ1) is 41.2. The summed E-state index contributed by atoms with van der Waals surface area (Å²) < 4.78 is 37.0. The highest BCUT2D eigenvalue weighted by Crippen LogP contribution is 2.49. The van der Waals surface area contributed by atoms with Gasteiger partial charge in [-0.1, -0.05) is 53.7 Å². The van der Waals surface area contributed by atoms with Crippen LogP contribution in [0.15, 0.2) is 47.4 Å². The number of rotatable bonds is 12. The van der Waals surface area contributed by atoms with Crippen molar-refractivity contribution in [2.45, 2.75) is 112 Å². The van der Waals surface area contributed by atoms with Crippen molar-refractivity contribution >= 4 is 42.3 Å². The highest BCUT2D eigenvalue weighted by molar-refractivity contribution is 7.52. The van der Waals surface area contributed by atoms with Crippen LogP contribution in [0.3, 0.4) is 0 Å². The minimum Gasteiger partial charge on any atom is -0.462 e. The zero-order valence-electron chi connectivity index (χ0n) is 31.7. The van der Waals surface area contributed by atoms with Crippen LogP contribution in [0.1, 0.15) is 105 Å². The summed E-state index contributed by atoms with van der Waals surface area (Å²) in [6.45, 7) is 21.4. The van der Waals surface area contributed by atoms with E-state index in [9.17, 15) is 23.7 Å². The van der Waals surface area contributed by atoms with E-state index >= 15 is 0 Å². The second-order valence-electron chi connectivity index (χ2n) is 15.6. The Morgan fingerprint density at radius 1 is 0.902 bits per heavy atom. The van der Waals surface area contributed by atoms with Gasteiger partial charge in [-0.3, -0.25) is 18.9 Å². The Kier molecular flexibility index (Phi) is 12.9. The smallest absolute Gasteiger partial charge is 0.459 e. The van der Waals surface area contributed by atoms with E-state index < -0.39 is 59.7 Å². The summed E-state index contributed by atoms with van der Waals surface area (Å²) in [6.07, 6.45) is 0.244. The molecule has 0 radical (unpaired) electrons. The molecule has 1 heterocycles. The van der Waals surface area contributed by atoms with Gasteiger partial charge in [-0.05, 0) is 76.1 Å². The van der Waals surface area contributed by atoms with E-state index in [-0.39, 0.29) is 24.5 Å². The number of hydrogen-bond acceptors (Lipinski definition) is 9. The molecule has 13 nitrogen and oxygen atoms in total. The van der Waals surface area contributed by atoms with Crippen LogP contribution in [0.5, 0.6) is 5.75 Å². The molecule has 14 heteroatoms. The minimum atomic E-state index is -4.41. The van der Waals surface area contributed by atoms with Gasteiger partial charge in [0.25, 0.3) is 5.91 Å². The number of aromatic amines is 1. The number of aromatic nitrogens is 1. The van der Waals surface area contributed by atoms with Gasteiger partial charge >= 0.3 is 19.8 Å². The van der Waals surface area contributed by atoms with Crippen LogP contribution < -0.4 is 25.7 Å². The number of ether oxygens (including phenoxy) is 2. The van der Waals surface area contributed by atoms with Gasteiger partial charge in [0, 0.05) is 41.0 Å². The lowest BCUT2D eigenvalue weighted by Crippen LogP contribution is -2.37. The van der Waals surface area contributed by atoms with Gasteiger partial charge in [0.2, 0.25) is 5.43 Å².